The number of piperazine rings is 1. The number of rotatable bonds is 4. The maximum absolute atomic E-state index is 12.4. The van der Waals surface area contributed by atoms with Crippen molar-refractivity contribution >= 4 is 17.3 Å². The first kappa shape index (κ1) is 15.7. The van der Waals surface area contributed by atoms with Crippen molar-refractivity contribution in [2.24, 2.45) is 5.92 Å². The molecule has 21 heavy (non-hydrogen) atoms. The molecule has 0 aliphatic carbocycles. The molecular formula is C17H27N3O. The van der Waals surface area contributed by atoms with Gasteiger partial charge in [-0.3, -0.25) is 4.79 Å². The minimum absolute atomic E-state index is 0.190. The van der Waals surface area contributed by atoms with E-state index in [-0.39, 0.29) is 5.92 Å². The van der Waals surface area contributed by atoms with Crippen LogP contribution in [0.5, 0.6) is 0 Å². The molecule has 0 atom stereocenters. The summed E-state index contributed by atoms with van der Waals surface area (Å²) in [5, 5.41) is 0. The molecule has 1 aromatic rings. The van der Waals surface area contributed by atoms with Crippen molar-refractivity contribution in [3.05, 3.63) is 23.8 Å². The first-order valence-corrected chi connectivity index (χ1v) is 7.96. The Hall–Kier alpha value is -1.71. The van der Waals surface area contributed by atoms with Gasteiger partial charge in [-0.1, -0.05) is 13.8 Å². The van der Waals surface area contributed by atoms with Gasteiger partial charge in [-0.25, -0.2) is 0 Å². The molecule has 1 fully saturated rings. The lowest BCUT2D eigenvalue weighted by atomic mass is 10.0. The van der Waals surface area contributed by atoms with Gasteiger partial charge in [0, 0.05) is 43.5 Å². The van der Waals surface area contributed by atoms with Crippen LogP contribution in [0.1, 0.15) is 32.3 Å². The average Bonchev–Trinajstić information content (AvgIpc) is 2.48. The number of carbonyl (C=O) groups is 1. The quantitative estimate of drug-likeness (QED) is 0.867. The van der Waals surface area contributed by atoms with Gasteiger partial charge in [0.05, 0.1) is 0 Å². The Morgan fingerprint density at radius 3 is 2.33 bits per heavy atom. The fraction of sp³-hybridized carbons (Fsp3) is 0.588. The van der Waals surface area contributed by atoms with Gasteiger partial charge in [0.2, 0.25) is 5.91 Å². The minimum Gasteiger partial charge on any atom is -0.399 e. The largest absolute Gasteiger partial charge is 0.399 e. The summed E-state index contributed by atoms with van der Waals surface area (Å²) in [6, 6.07) is 6.05. The monoisotopic (exact) mass is 289 g/mol. The summed E-state index contributed by atoms with van der Waals surface area (Å²) >= 11 is 0. The molecule has 1 amide bonds. The maximum Gasteiger partial charge on any atom is 0.225 e. The highest BCUT2D eigenvalue weighted by atomic mass is 16.2. The number of aryl methyl sites for hydroxylation is 1. The number of nitrogens with two attached hydrogens (primary N) is 1. The first-order valence-electron chi connectivity index (χ1n) is 7.96. The molecule has 2 N–H and O–H groups in total. The second kappa shape index (κ2) is 6.83. The first-order chi connectivity index (χ1) is 10.1. The molecule has 1 aliphatic rings. The average molecular weight is 289 g/mol. The summed E-state index contributed by atoms with van der Waals surface area (Å²) in [6.07, 6.45) is 1.87. The molecule has 0 bridgehead atoms. The fourth-order valence-corrected chi connectivity index (χ4v) is 3.10. The second-order valence-electron chi connectivity index (χ2n) is 5.87. The van der Waals surface area contributed by atoms with Crippen molar-refractivity contribution < 1.29 is 4.79 Å². The number of benzene rings is 1. The minimum atomic E-state index is 0.190. The molecule has 1 aliphatic heterocycles. The van der Waals surface area contributed by atoms with Crippen LogP contribution in [0.25, 0.3) is 0 Å². The Labute approximate surface area is 127 Å². The molecule has 0 unspecified atom stereocenters. The zero-order valence-corrected chi connectivity index (χ0v) is 13.4. The van der Waals surface area contributed by atoms with E-state index in [9.17, 15) is 4.79 Å². The second-order valence-corrected chi connectivity index (χ2v) is 5.87. The number of nitrogen functional groups attached to an aromatic ring is 1. The van der Waals surface area contributed by atoms with Crippen LogP contribution in [0, 0.1) is 12.8 Å². The fourth-order valence-electron chi connectivity index (χ4n) is 3.10. The van der Waals surface area contributed by atoms with Gasteiger partial charge in [-0.15, -0.1) is 0 Å². The van der Waals surface area contributed by atoms with Gasteiger partial charge >= 0.3 is 0 Å². The third-order valence-corrected chi connectivity index (χ3v) is 4.49. The maximum atomic E-state index is 12.4. The van der Waals surface area contributed by atoms with Crippen LogP contribution in [0.4, 0.5) is 11.4 Å². The number of anilines is 2. The van der Waals surface area contributed by atoms with Crippen LogP contribution >= 0.6 is 0 Å². The number of carbonyl (C=O) groups excluding carboxylic acids is 1. The van der Waals surface area contributed by atoms with Gasteiger partial charge in [0.1, 0.15) is 0 Å². The van der Waals surface area contributed by atoms with Gasteiger partial charge < -0.3 is 15.5 Å². The SMILES string of the molecule is CCC(CC)C(=O)N1CCN(c2ccc(N)cc2C)CC1. The number of amides is 1. The van der Waals surface area contributed by atoms with E-state index >= 15 is 0 Å². The van der Waals surface area contributed by atoms with E-state index in [1.807, 2.05) is 17.0 Å². The number of nitrogens with zero attached hydrogens (tertiary/aromatic N) is 2. The Kier molecular flexibility index (Phi) is 5.10. The van der Waals surface area contributed by atoms with E-state index in [2.05, 4.69) is 31.7 Å². The van der Waals surface area contributed by atoms with Crippen LogP contribution < -0.4 is 10.6 Å². The molecule has 0 saturated carbocycles. The summed E-state index contributed by atoms with van der Waals surface area (Å²) < 4.78 is 0. The standard InChI is InChI=1S/C17H27N3O/c1-4-14(5-2)17(21)20-10-8-19(9-11-20)16-7-6-15(18)12-13(16)3/h6-7,12,14H,4-5,8-11,18H2,1-3H3. The Balaban J connectivity index is 1.98. The molecule has 4 nitrogen and oxygen atoms in total. The predicted molar refractivity (Wildman–Crippen MR) is 88.5 cm³/mol. The molecule has 0 radical (unpaired) electrons. The van der Waals surface area contributed by atoms with Crippen LogP contribution in [0.15, 0.2) is 18.2 Å². The summed E-state index contributed by atoms with van der Waals surface area (Å²) in [5.41, 5.74) is 9.05. The molecule has 0 spiro atoms. The van der Waals surface area contributed by atoms with Crippen molar-refractivity contribution in [1.29, 1.82) is 0 Å². The molecule has 2 rings (SSSR count). The van der Waals surface area contributed by atoms with Crippen molar-refractivity contribution in [3.8, 4) is 0 Å². The van der Waals surface area contributed by atoms with E-state index in [4.69, 9.17) is 5.73 Å². The van der Waals surface area contributed by atoms with E-state index in [0.29, 0.717) is 5.91 Å². The van der Waals surface area contributed by atoms with Gasteiger partial charge in [0.15, 0.2) is 0 Å². The summed E-state index contributed by atoms with van der Waals surface area (Å²) in [6.45, 7) is 9.72. The van der Waals surface area contributed by atoms with Crippen LogP contribution in [0.3, 0.4) is 0 Å². The predicted octanol–water partition coefficient (Wildman–Crippen LogP) is 2.66. The summed E-state index contributed by atoms with van der Waals surface area (Å²) in [5.74, 6) is 0.517. The zero-order chi connectivity index (χ0) is 15.4. The van der Waals surface area contributed by atoms with Crippen molar-refractivity contribution in [1.82, 2.24) is 4.90 Å². The lowest BCUT2D eigenvalue weighted by molar-refractivity contribution is -0.136. The zero-order valence-electron chi connectivity index (χ0n) is 13.4. The highest BCUT2D eigenvalue weighted by Crippen LogP contribution is 2.24. The molecule has 4 heteroatoms. The topological polar surface area (TPSA) is 49.6 Å². The van der Waals surface area contributed by atoms with E-state index in [1.165, 1.54) is 11.3 Å². The van der Waals surface area contributed by atoms with Gasteiger partial charge in [-0.2, -0.15) is 0 Å². The van der Waals surface area contributed by atoms with E-state index in [1.54, 1.807) is 0 Å². The van der Waals surface area contributed by atoms with Crippen LogP contribution in [-0.2, 0) is 4.79 Å². The normalized spacial score (nSPS) is 15.6. The van der Waals surface area contributed by atoms with E-state index in [0.717, 1.165) is 44.7 Å². The summed E-state index contributed by atoms with van der Waals surface area (Å²) in [7, 11) is 0. The van der Waals surface area contributed by atoms with Crippen LogP contribution in [-0.4, -0.2) is 37.0 Å². The molecular weight excluding hydrogens is 262 g/mol. The smallest absolute Gasteiger partial charge is 0.225 e. The van der Waals surface area contributed by atoms with Gasteiger partial charge in [0.25, 0.3) is 0 Å². The highest BCUT2D eigenvalue weighted by molar-refractivity contribution is 5.79. The molecule has 1 heterocycles. The molecule has 1 saturated heterocycles. The van der Waals surface area contributed by atoms with Crippen molar-refractivity contribution in [2.45, 2.75) is 33.6 Å². The number of hydrogen-bond donors (Lipinski definition) is 1. The highest BCUT2D eigenvalue weighted by Gasteiger charge is 2.25. The molecule has 1 aromatic carbocycles. The third-order valence-electron chi connectivity index (χ3n) is 4.49. The third kappa shape index (κ3) is 3.49. The van der Waals surface area contributed by atoms with Gasteiger partial charge in [-0.05, 0) is 43.5 Å². The summed E-state index contributed by atoms with van der Waals surface area (Å²) in [4.78, 5) is 16.8. The lowest BCUT2D eigenvalue weighted by Crippen LogP contribution is -2.50. The van der Waals surface area contributed by atoms with Crippen molar-refractivity contribution in [3.63, 3.8) is 0 Å². The van der Waals surface area contributed by atoms with Crippen molar-refractivity contribution in [2.75, 3.05) is 36.8 Å². The Morgan fingerprint density at radius 2 is 1.81 bits per heavy atom. The lowest BCUT2D eigenvalue weighted by Gasteiger charge is -2.38. The number of hydrogen-bond acceptors (Lipinski definition) is 3. The molecule has 0 aromatic heterocycles. The van der Waals surface area contributed by atoms with E-state index < -0.39 is 0 Å². The molecule has 116 valence electrons. The Morgan fingerprint density at radius 1 is 1.19 bits per heavy atom. The Bertz CT molecular complexity index is 489. The van der Waals surface area contributed by atoms with Crippen LogP contribution in [0.2, 0.25) is 0 Å².